The van der Waals surface area contributed by atoms with Crippen molar-refractivity contribution in [2.24, 2.45) is 0 Å². The number of aryl methyl sites for hydroxylation is 1. The number of aromatic nitrogens is 2. The monoisotopic (exact) mass is 516 g/mol. The van der Waals surface area contributed by atoms with Gasteiger partial charge < -0.3 is 15.0 Å². The van der Waals surface area contributed by atoms with Crippen LogP contribution in [0.4, 0.5) is 0 Å². The topological polar surface area (TPSA) is 125 Å². The predicted molar refractivity (Wildman–Crippen MR) is 141 cm³/mol. The summed E-state index contributed by atoms with van der Waals surface area (Å²) >= 11 is 0. The Bertz CT molecular complexity index is 1570. The first kappa shape index (κ1) is 26.1. The molecule has 1 amide bonds. The van der Waals surface area contributed by atoms with E-state index in [4.69, 9.17) is 5.26 Å². The Balaban J connectivity index is 1.55. The van der Waals surface area contributed by atoms with Crippen molar-refractivity contribution >= 4 is 26.6 Å². The molecule has 2 aromatic carbocycles. The van der Waals surface area contributed by atoms with Gasteiger partial charge in [0.2, 0.25) is 0 Å². The van der Waals surface area contributed by atoms with Crippen LogP contribution >= 0.6 is 0 Å². The largest absolute Gasteiger partial charge is 0.394 e. The van der Waals surface area contributed by atoms with Crippen LogP contribution in [0.15, 0.2) is 71.8 Å². The molecule has 190 valence electrons. The molecule has 1 atom stereocenters. The lowest BCUT2D eigenvalue weighted by Crippen LogP contribution is -2.31. The molecule has 2 heterocycles. The van der Waals surface area contributed by atoms with Crippen LogP contribution in [0.2, 0.25) is 0 Å². The fraction of sp³-hybridized carbons (Fsp3) is 0.250. The third kappa shape index (κ3) is 5.56. The van der Waals surface area contributed by atoms with Gasteiger partial charge in [-0.1, -0.05) is 19.1 Å². The fourth-order valence-electron chi connectivity index (χ4n) is 4.30. The zero-order valence-corrected chi connectivity index (χ0v) is 21.5. The molecule has 8 nitrogen and oxygen atoms in total. The van der Waals surface area contributed by atoms with Crippen molar-refractivity contribution in [3.05, 3.63) is 94.9 Å². The summed E-state index contributed by atoms with van der Waals surface area (Å²) in [6, 6.07) is 19.3. The number of aliphatic hydroxyl groups is 1. The fourth-order valence-corrected chi connectivity index (χ4v) is 5.12. The van der Waals surface area contributed by atoms with Gasteiger partial charge in [-0.25, -0.2) is 8.42 Å². The molecular formula is C28H28N4O4S. The minimum Gasteiger partial charge on any atom is -0.394 e. The maximum atomic E-state index is 13.0. The highest BCUT2D eigenvalue weighted by Gasteiger charge is 2.19. The number of pyridine rings is 1. The molecule has 0 radical (unpaired) electrons. The lowest BCUT2D eigenvalue weighted by atomic mass is 10.1. The number of hydrogen-bond acceptors (Lipinski definition) is 6. The molecule has 0 spiro atoms. The first-order chi connectivity index (χ1) is 17.8. The summed E-state index contributed by atoms with van der Waals surface area (Å²) in [4.78, 5) is 17.3. The van der Waals surface area contributed by atoms with Crippen LogP contribution in [-0.2, 0) is 22.8 Å². The van der Waals surface area contributed by atoms with Gasteiger partial charge in [0.15, 0.2) is 9.84 Å². The highest BCUT2D eigenvalue weighted by Crippen LogP contribution is 2.24. The number of sulfone groups is 1. The van der Waals surface area contributed by atoms with Crippen LogP contribution in [-0.4, -0.2) is 41.3 Å². The molecule has 2 N–H and O–H groups in total. The van der Waals surface area contributed by atoms with Gasteiger partial charge in [-0.05, 0) is 61.0 Å². The van der Waals surface area contributed by atoms with E-state index in [0.717, 1.165) is 28.7 Å². The van der Waals surface area contributed by atoms with Gasteiger partial charge in [-0.2, -0.15) is 5.26 Å². The molecule has 9 heteroatoms. The van der Waals surface area contributed by atoms with Crippen LogP contribution < -0.4 is 5.32 Å². The highest BCUT2D eigenvalue weighted by molar-refractivity contribution is 7.91. The van der Waals surface area contributed by atoms with Crippen molar-refractivity contribution in [3.63, 3.8) is 0 Å². The molecule has 4 rings (SSSR count). The minimum atomic E-state index is -3.39. The number of nitrogens with zero attached hydrogens (tertiary/aromatic N) is 3. The number of carbonyl (C=O) groups excluding carboxylic acids is 1. The summed E-state index contributed by atoms with van der Waals surface area (Å²) in [5.74, 6) is -0.406. The smallest absolute Gasteiger partial charge is 0.251 e. The molecule has 0 aliphatic carbocycles. The number of nitriles is 1. The van der Waals surface area contributed by atoms with Crippen LogP contribution in [0.5, 0.6) is 0 Å². The maximum absolute atomic E-state index is 13.0. The number of rotatable bonds is 9. The Morgan fingerprint density at radius 1 is 1.11 bits per heavy atom. The Morgan fingerprint density at radius 2 is 1.86 bits per heavy atom. The number of carbonyl (C=O) groups is 1. The Kier molecular flexibility index (Phi) is 7.71. The van der Waals surface area contributed by atoms with E-state index in [1.54, 1.807) is 25.1 Å². The second-order valence-electron chi connectivity index (χ2n) is 8.67. The third-order valence-electron chi connectivity index (χ3n) is 6.38. The average Bonchev–Trinajstić information content (AvgIpc) is 3.28. The summed E-state index contributed by atoms with van der Waals surface area (Å²) in [6.07, 6.45) is 1.94. The lowest BCUT2D eigenvalue weighted by Gasteiger charge is -2.16. The normalized spacial score (nSPS) is 12.3. The molecule has 0 saturated carbocycles. The third-order valence-corrected chi connectivity index (χ3v) is 8.10. The van der Waals surface area contributed by atoms with Gasteiger partial charge >= 0.3 is 0 Å². The van der Waals surface area contributed by atoms with Gasteiger partial charge in [0, 0.05) is 41.3 Å². The molecule has 0 aliphatic heterocycles. The van der Waals surface area contributed by atoms with E-state index in [-0.39, 0.29) is 23.2 Å². The van der Waals surface area contributed by atoms with Crippen LogP contribution in [0.25, 0.3) is 10.9 Å². The average molecular weight is 517 g/mol. The number of nitrogens with one attached hydrogen (secondary N) is 1. The minimum absolute atomic E-state index is 0.0361. The van der Waals surface area contributed by atoms with Crippen molar-refractivity contribution in [1.82, 2.24) is 14.9 Å². The van der Waals surface area contributed by atoms with E-state index in [1.807, 2.05) is 24.3 Å². The number of benzene rings is 2. The summed E-state index contributed by atoms with van der Waals surface area (Å²) in [5.41, 5.74) is 4.62. The quantitative estimate of drug-likeness (QED) is 0.349. The van der Waals surface area contributed by atoms with Crippen molar-refractivity contribution in [2.45, 2.75) is 37.8 Å². The zero-order valence-electron chi connectivity index (χ0n) is 20.7. The van der Waals surface area contributed by atoms with Gasteiger partial charge in [-0.3, -0.25) is 9.78 Å². The predicted octanol–water partition coefficient (Wildman–Crippen LogP) is 3.78. The van der Waals surface area contributed by atoms with Gasteiger partial charge in [0.05, 0.1) is 40.6 Å². The van der Waals surface area contributed by atoms with E-state index in [2.05, 4.69) is 33.9 Å². The van der Waals surface area contributed by atoms with Crippen molar-refractivity contribution in [3.8, 4) is 6.07 Å². The van der Waals surface area contributed by atoms with Gasteiger partial charge in [0.25, 0.3) is 5.91 Å². The molecule has 4 aromatic rings. The standard InChI is InChI=1S/C28H28N4O4S/c1-3-32-23(13-19-5-7-20(16-29)8-6-19)15-22-14-21(9-12-27(22)32)28(34)31-26(18-33)25-11-10-24(17-30-25)37(35,36)4-2/h5-12,14-15,17,26,33H,3-4,13,18H2,1-2H3,(H,31,34)/t26-/m0/s1. The van der Waals surface area contributed by atoms with Crippen molar-refractivity contribution < 1.29 is 18.3 Å². The summed E-state index contributed by atoms with van der Waals surface area (Å²) in [7, 11) is -3.39. The molecule has 0 unspecified atom stereocenters. The van der Waals surface area contributed by atoms with E-state index in [1.165, 1.54) is 18.3 Å². The molecule has 0 bridgehead atoms. The number of hydrogen-bond donors (Lipinski definition) is 2. The number of aliphatic hydroxyl groups excluding tert-OH is 1. The lowest BCUT2D eigenvalue weighted by molar-refractivity contribution is 0.0915. The van der Waals surface area contributed by atoms with Crippen LogP contribution in [0, 0.1) is 11.3 Å². The van der Waals surface area contributed by atoms with Gasteiger partial charge in [-0.15, -0.1) is 0 Å². The summed E-state index contributed by atoms with van der Waals surface area (Å²) in [6.45, 7) is 4.00. The molecular weight excluding hydrogens is 488 g/mol. The van der Waals surface area contributed by atoms with Crippen LogP contribution in [0.3, 0.4) is 0 Å². The SMILES string of the molecule is CCn1c(Cc2ccc(C#N)cc2)cc2cc(C(=O)N[C@@H](CO)c3ccc(S(=O)(=O)CC)cn3)ccc21. The summed E-state index contributed by atoms with van der Waals surface area (Å²) < 4.78 is 26.2. The zero-order chi connectivity index (χ0) is 26.6. The molecule has 0 aliphatic rings. The second-order valence-corrected chi connectivity index (χ2v) is 10.9. The molecule has 37 heavy (non-hydrogen) atoms. The van der Waals surface area contributed by atoms with Crippen molar-refractivity contribution in [1.29, 1.82) is 5.26 Å². The second kappa shape index (κ2) is 10.9. The van der Waals surface area contributed by atoms with Crippen LogP contribution in [0.1, 0.15) is 52.8 Å². The van der Waals surface area contributed by atoms with E-state index < -0.39 is 15.9 Å². The first-order valence-electron chi connectivity index (χ1n) is 12.0. The molecule has 0 fully saturated rings. The van der Waals surface area contributed by atoms with Gasteiger partial charge in [0.1, 0.15) is 0 Å². The van der Waals surface area contributed by atoms with E-state index >= 15 is 0 Å². The Labute approximate surface area is 216 Å². The molecule has 0 saturated heterocycles. The number of amides is 1. The molecule has 2 aromatic heterocycles. The summed E-state index contributed by atoms with van der Waals surface area (Å²) in [5, 5.41) is 22.6. The van der Waals surface area contributed by atoms with E-state index in [9.17, 15) is 18.3 Å². The van der Waals surface area contributed by atoms with Crippen molar-refractivity contribution in [2.75, 3.05) is 12.4 Å². The first-order valence-corrected chi connectivity index (χ1v) is 13.7. The van der Waals surface area contributed by atoms with E-state index in [0.29, 0.717) is 23.2 Å². The maximum Gasteiger partial charge on any atom is 0.251 e. The number of fused-ring (bicyclic) bond motifs is 1. The Morgan fingerprint density at radius 3 is 2.46 bits per heavy atom. The highest BCUT2D eigenvalue weighted by atomic mass is 32.2. The Hall–Kier alpha value is -4.00.